The average molecular weight is 410 g/mol. The van der Waals surface area contributed by atoms with E-state index in [0.717, 1.165) is 11.3 Å². The molecule has 29 heavy (non-hydrogen) atoms. The number of benzene rings is 2. The summed E-state index contributed by atoms with van der Waals surface area (Å²) in [4.78, 5) is 12.6. The summed E-state index contributed by atoms with van der Waals surface area (Å²) in [5.74, 6) is -0.690. The van der Waals surface area contributed by atoms with Crippen molar-refractivity contribution in [3.05, 3.63) is 94.8 Å². The predicted molar refractivity (Wildman–Crippen MR) is 108 cm³/mol. The van der Waals surface area contributed by atoms with Crippen molar-refractivity contribution in [3.63, 3.8) is 0 Å². The van der Waals surface area contributed by atoms with Crippen LogP contribution in [0.1, 0.15) is 21.6 Å². The van der Waals surface area contributed by atoms with Gasteiger partial charge in [-0.2, -0.15) is 10.2 Å². The van der Waals surface area contributed by atoms with Crippen molar-refractivity contribution in [1.82, 2.24) is 24.9 Å². The lowest BCUT2D eigenvalue weighted by molar-refractivity contribution is 0.0950. The highest BCUT2D eigenvalue weighted by atomic mass is 35.5. The van der Waals surface area contributed by atoms with E-state index in [1.807, 2.05) is 18.3 Å². The molecule has 6 nitrogen and oxygen atoms in total. The molecular weight excluding hydrogens is 393 g/mol. The van der Waals surface area contributed by atoms with Crippen molar-refractivity contribution in [2.24, 2.45) is 0 Å². The fourth-order valence-corrected chi connectivity index (χ4v) is 3.09. The van der Waals surface area contributed by atoms with E-state index in [1.54, 1.807) is 48.1 Å². The predicted octanol–water partition coefficient (Wildman–Crippen LogP) is 4.09. The Balaban J connectivity index is 1.46. The number of carbonyl (C=O) groups is 1. The Morgan fingerprint density at radius 3 is 2.62 bits per heavy atom. The number of nitrogens with one attached hydrogen (secondary N) is 1. The van der Waals surface area contributed by atoms with Crippen LogP contribution in [-0.2, 0) is 6.54 Å². The number of amides is 1. The van der Waals surface area contributed by atoms with Crippen molar-refractivity contribution < 1.29 is 9.18 Å². The lowest BCUT2D eigenvalue weighted by Crippen LogP contribution is -2.23. The standard InChI is InChI=1S/C21H17ClFN5O/c1-14-18(12-26-28(14)20-5-3-2-4-19(20)23)21(29)24-10-15-11-25-27(13-15)17-8-6-16(22)7-9-17/h2-9,11-13H,10H2,1H3,(H,24,29). The first-order chi connectivity index (χ1) is 14.0. The molecule has 0 bridgehead atoms. The van der Waals surface area contributed by atoms with E-state index in [4.69, 9.17) is 11.6 Å². The second-order valence-corrected chi connectivity index (χ2v) is 6.90. The Morgan fingerprint density at radius 1 is 1.10 bits per heavy atom. The zero-order chi connectivity index (χ0) is 20.4. The number of para-hydroxylation sites is 1. The van der Waals surface area contributed by atoms with Crippen LogP contribution in [0.4, 0.5) is 4.39 Å². The van der Waals surface area contributed by atoms with Gasteiger partial charge in [-0.3, -0.25) is 4.79 Å². The monoisotopic (exact) mass is 409 g/mol. The zero-order valence-corrected chi connectivity index (χ0v) is 16.3. The number of halogens is 2. The molecule has 2 heterocycles. The van der Waals surface area contributed by atoms with Crippen molar-refractivity contribution in [2.45, 2.75) is 13.5 Å². The summed E-state index contributed by atoms with van der Waals surface area (Å²) in [5.41, 5.74) is 2.96. The lowest BCUT2D eigenvalue weighted by Gasteiger charge is -2.07. The zero-order valence-electron chi connectivity index (χ0n) is 15.5. The minimum absolute atomic E-state index is 0.288. The van der Waals surface area contributed by atoms with E-state index in [1.165, 1.54) is 16.9 Å². The number of hydrogen-bond acceptors (Lipinski definition) is 3. The second kappa shape index (κ2) is 7.89. The van der Waals surface area contributed by atoms with Gasteiger partial charge in [-0.25, -0.2) is 13.8 Å². The summed E-state index contributed by atoms with van der Waals surface area (Å²) in [6.07, 6.45) is 4.96. The van der Waals surface area contributed by atoms with Gasteiger partial charge in [0.2, 0.25) is 0 Å². The van der Waals surface area contributed by atoms with Gasteiger partial charge in [0.1, 0.15) is 11.5 Å². The van der Waals surface area contributed by atoms with E-state index >= 15 is 0 Å². The maximum atomic E-state index is 14.0. The van der Waals surface area contributed by atoms with Crippen LogP contribution in [0.15, 0.2) is 67.1 Å². The molecule has 0 aliphatic heterocycles. The van der Waals surface area contributed by atoms with E-state index in [0.29, 0.717) is 28.5 Å². The molecule has 1 N–H and O–H groups in total. The van der Waals surface area contributed by atoms with Gasteiger partial charge in [0, 0.05) is 23.3 Å². The first kappa shape index (κ1) is 18.9. The summed E-state index contributed by atoms with van der Waals surface area (Å²) >= 11 is 5.90. The molecule has 0 aliphatic rings. The smallest absolute Gasteiger partial charge is 0.255 e. The summed E-state index contributed by atoms with van der Waals surface area (Å²) < 4.78 is 17.1. The lowest BCUT2D eigenvalue weighted by atomic mass is 10.2. The molecular formula is C21H17ClFN5O. The molecule has 1 amide bonds. The van der Waals surface area contributed by atoms with Gasteiger partial charge in [0.25, 0.3) is 5.91 Å². The number of carbonyl (C=O) groups excluding carboxylic acids is 1. The molecule has 0 aliphatic carbocycles. The van der Waals surface area contributed by atoms with Crippen LogP contribution in [0.25, 0.3) is 11.4 Å². The van der Waals surface area contributed by atoms with Crippen LogP contribution in [0.3, 0.4) is 0 Å². The third-order valence-electron chi connectivity index (χ3n) is 4.52. The summed E-state index contributed by atoms with van der Waals surface area (Å²) in [7, 11) is 0. The van der Waals surface area contributed by atoms with Crippen molar-refractivity contribution in [3.8, 4) is 11.4 Å². The van der Waals surface area contributed by atoms with Gasteiger partial charge in [-0.1, -0.05) is 23.7 Å². The van der Waals surface area contributed by atoms with E-state index in [2.05, 4.69) is 15.5 Å². The molecule has 0 saturated heterocycles. The van der Waals surface area contributed by atoms with Crippen LogP contribution < -0.4 is 5.32 Å². The Hall–Kier alpha value is -3.45. The summed E-state index contributed by atoms with van der Waals surface area (Å²) in [5, 5.41) is 12.0. The molecule has 0 saturated carbocycles. The van der Waals surface area contributed by atoms with Gasteiger partial charge in [0.15, 0.2) is 0 Å². The molecule has 0 atom stereocenters. The first-order valence-electron chi connectivity index (χ1n) is 8.90. The maximum Gasteiger partial charge on any atom is 0.255 e. The molecule has 2 aromatic carbocycles. The van der Waals surface area contributed by atoms with Gasteiger partial charge in [-0.05, 0) is 43.3 Å². The quantitative estimate of drug-likeness (QED) is 0.540. The fraction of sp³-hybridized carbons (Fsp3) is 0.0952. The highest BCUT2D eigenvalue weighted by Crippen LogP contribution is 2.17. The number of aromatic nitrogens is 4. The van der Waals surface area contributed by atoms with Crippen LogP contribution >= 0.6 is 11.6 Å². The first-order valence-corrected chi connectivity index (χ1v) is 9.28. The van der Waals surface area contributed by atoms with Crippen molar-refractivity contribution in [1.29, 1.82) is 0 Å². The Bertz CT molecular complexity index is 1170. The number of nitrogens with zero attached hydrogens (tertiary/aromatic N) is 4. The topological polar surface area (TPSA) is 64.7 Å². The highest BCUT2D eigenvalue weighted by Gasteiger charge is 2.16. The van der Waals surface area contributed by atoms with Gasteiger partial charge in [-0.15, -0.1) is 0 Å². The fourth-order valence-electron chi connectivity index (χ4n) is 2.96. The third-order valence-corrected chi connectivity index (χ3v) is 4.77. The molecule has 0 fully saturated rings. The molecule has 8 heteroatoms. The minimum atomic E-state index is -0.403. The average Bonchev–Trinajstić information content (AvgIpc) is 3.34. The molecule has 0 unspecified atom stereocenters. The Labute approximate surface area is 171 Å². The molecule has 146 valence electrons. The number of rotatable bonds is 5. The number of hydrogen-bond donors (Lipinski definition) is 1. The van der Waals surface area contributed by atoms with Gasteiger partial charge < -0.3 is 5.32 Å². The Morgan fingerprint density at radius 2 is 1.86 bits per heavy atom. The summed E-state index contributed by atoms with van der Waals surface area (Å²) in [6, 6.07) is 13.6. The molecule has 4 rings (SSSR count). The van der Waals surface area contributed by atoms with Crippen molar-refractivity contribution in [2.75, 3.05) is 0 Å². The molecule has 2 aromatic heterocycles. The van der Waals surface area contributed by atoms with Crippen LogP contribution in [-0.4, -0.2) is 25.5 Å². The van der Waals surface area contributed by atoms with E-state index < -0.39 is 5.82 Å². The summed E-state index contributed by atoms with van der Waals surface area (Å²) in [6.45, 7) is 2.03. The molecule has 0 radical (unpaired) electrons. The second-order valence-electron chi connectivity index (χ2n) is 6.46. The normalized spacial score (nSPS) is 10.9. The Kier molecular flexibility index (Phi) is 5.14. The minimum Gasteiger partial charge on any atom is -0.348 e. The van der Waals surface area contributed by atoms with Crippen LogP contribution in [0.5, 0.6) is 0 Å². The molecule has 0 spiro atoms. The maximum absolute atomic E-state index is 14.0. The van der Waals surface area contributed by atoms with Gasteiger partial charge in [0.05, 0.1) is 29.3 Å². The third kappa shape index (κ3) is 3.90. The van der Waals surface area contributed by atoms with Crippen LogP contribution in [0.2, 0.25) is 5.02 Å². The van der Waals surface area contributed by atoms with Crippen molar-refractivity contribution >= 4 is 17.5 Å². The van der Waals surface area contributed by atoms with E-state index in [9.17, 15) is 9.18 Å². The van der Waals surface area contributed by atoms with Gasteiger partial charge >= 0.3 is 0 Å². The highest BCUT2D eigenvalue weighted by molar-refractivity contribution is 6.30. The largest absolute Gasteiger partial charge is 0.348 e. The van der Waals surface area contributed by atoms with Crippen LogP contribution in [0, 0.1) is 12.7 Å². The SMILES string of the molecule is Cc1c(C(=O)NCc2cnn(-c3ccc(Cl)cc3)c2)cnn1-c1ccccc1F. The van der Waals surface area contributed by atoms with E-state index in [-0.39, 0.29) is 5.91 Å². The molecule has 4 aromatic rings.